The second-order valence-electron chi connectivity index (χ2n) is 6.14. The summed E-state index contributed by atoms with van der Waals surface area (Å²) in [5.41, 5.74) is 9.04. The van der Waals surface area contributed by atoms with Gasteiger partial charge in [-0.3, -0.25) is 4.68 Å². The zero-order valence-electron chi connectivity index (χ0n) is 12.9. The van der Waals surface area contributed by atoms with E-state index in [4.69, 9.17) is 10.5 Å². The fraction of sp³-hybridized carbons (Fsp3) is 0.471. The van der Waals surface area contributed by atoms with E-state index < -0.39 is 0 Å². The quantitative estimate of drug-likeness (QED) is 0.917. The number of ether oxygens (including phenoxy) is 1. The Hall–Kier alpha value is -1.81. The van der Waals surface area contributed by atoms with Gasteiger partial charge >= 0.3 is 0 Å². The minimum atomic E-state index is -0.0975. The number of hydrogen-bond donors (Lipinski definition) is 1. The molecule has 1 aliphatic rings. The van der Waals surface area contributed by atoms with Crippen LogP contribution < -0.4 is 10.5 Å². The van der Waals surface area contributed by atoms with Crippen LogP contribution in [0.1, 0.15) is 50.0 Å². The van der Waals surface area contributed by atoms with Gasteiger partial charge in [-0.1, -0.05) is 30.3 Å². The summed E-state index contributed by atoms with van der Waals surface area (Å²) in [6.07, 6.45) is 4.01. The zero-order chi connectivity index (χ0) is 15.0. The molecule has 0 saturated heterocycles. The van der Waals surface area contributed by atoms with Crippen molar-refractivity contribution in [1.82, 2.24) is 9.78 Å². The van der Waals surface area contributed by atoms with Crippen LogP contribution in [-0.2, 0) is 5.41 Å². The highest BCUT2D eigenvalue weighted by Crippen LogP contribution is 2.56. The van der Waals surface area contributed by atoms with Crippen LogP contribution in [0.15, 0.2) is 36.5 Å². The molecule has 1 fully saturated rings. The third kappa shape index (κ3) is 2.23. The molecule has 4 heteroatoms. The highest BCUT2D eigenvalue weighted by atomic mass is 16.5. The van der Waals surface area contributed by atoms with Crippen LogP contribution >= 0.6 is 0 Å². The summed E-state index contributed by atoms with van der Waals surface area (Å²) in [5.74, 6) is 0.790. The SMILES string of the molecule is COc1cnn(C(C)C)c1C(N)C1(c2ccccc2)CC1. The lowest BCUT2D eigenvalue weighted by Gasteiger charge is -2.26. The Kier molecular flexibility index (Phi) is 3.49. The van der Waals surface area contributed by atoms with Crippen LogP contribution in [0.25, 0.3) is 0 Å². The molecule has 1 aliphatic carbocycles. The van der Waals surface area contributed by atoms with Gasteiger partial charge in [0.25, 0.3) is 0 Å². The number of hydrogen-bond acceptors (Lipinski definition) is 3. The van der Waals surface area contributed by atoms with E-state index in [-0.39, 0.29) is 17.5 Å². The lowest BCUT2D eigenvalue weighted by molar-refractivity contribution is 0.383. The standard InChI is InChI=1S/C17H23N3O/c1-12(2)20-15(14(21-3)11-19-20)16(18)17(9-10-17)13-7-5-4-6-8-13/h4-8,11-12,16H,9-10,18H2,1-3H3. The Labute approximate surface area is 125 Å². The first kappa shape index (κ1) is 14.1. The molecule has 21 heavy (non-hydrogen) atoms. The Morgan fingerprint density at radius 3 is 2.43 bits per heavy atom. The Morgan fingerprint density at radius 1 is 1.24 bits per heavy atom. The van der Waals surface area contributed by atoms with Gasteiger partial charge in [-0.2, -0.15) is 5.10 Å². The lowest BCUT2D eigenvalue weighted by atomic mass is 9.86. The van der Waals surface area contributed by atoms with E-state index in [0.29, 0.717) is 0 Å². The van der Waals surface area contributed by atoms with E-state index in [1.165, 1.54) is 5.56 Å². The number of benzene rings is 1. The third-order valence-electron chi connectivity index (χ3n) is 4.54. The fourth-order valence-electron chi connectivity index (χ4n) is 3.17. The van der Waals surface area contributed by atoms with Crippen molar-refractivity contribution in [3.8, 4) is 5.75 Å². The van der Waals surface area contributed by atoms with Crippen LogP contribution in [0, 0.1) is 0 Å². The average molecular weight is 285 g/mol. The van der Waals surface area contributed by atoms with Gasteiger partial charge < -0.3 is 10.5 Å². The molecule has 1 unspecified atom stereocenters. The number of rotatable bonds is 5. The normalized spacial score (nSPS) is 17.8. The van der Waals surface area contributed by atoms with Gasteiger partial charge in [0, 0.05) is 11.5 Å². The first-order chi connectivity index (χ1) is 10.1. The molecule has 1 aromatic carbocycles. The monoisotopic (exact) mass is 285 g/mol. The van der Waals surface area contributed by atoms with Gasteiger partial charge in [-0.15, -0.1) is 0 Å². The number of nitrogens with zero attached hydrogens (tertiary/aromatic N) is 2. The smallest absolute Gasteiger partial charge is 0.161 e. The van der Waals surface area contributed by atoms with Gasteiger partial charge in [0.15, 0.2) is 5.75 Å². The highest BCUT2D eigenvalue weighted by molar-refractivity contribution is 5.40. The number of nitrogens with two attached hydrogens (primary N) is 1. The first-order valence-corrected chi connectivity index (χ1v) is 7.52. The van der Waals surface area contributed by atoms with E-state index >= 15 is 0 Å². The summed E-state index contributed by atoms with van der Waals surface area (Å²) in [6, 6.07) is 10.7. The van der Waals surface area contributed by atoms with Crippen LogP contribution in [0.4, 0.5) is 0 Å². The van der Waals surface area contributed by atoms with Crippen molar-refractivity contribution >= 4 is 0 Å². The fourth-order valence-corrected chi connectivity index (χ4v) is 3.17. The van der Waals surface area contributed by atoms with E-state index in [1.54, 1.807) is 13.3 Å². The predicted octanol–water partition coefficient (Wildman–Crippen LogP) is 3.20. The second kappa shape index (κ2) is 5.19. The van der Waals surface area contributed by atoms with Gasteiger partial charge in [0.2, 0.25) is 0 Å². The molecule has 2 aromatic rings. The summed E-state index contributed by atoms with van der Waals surface area (Å²) in [6.45, 7) is 4.23. The number of aromatic nitrogens is 2. The van der Waals surface area contributed by atoms with Crippen LogP contribution in [0.3, 0.4) is 0 Å². The predicted molar refractivity (Wildman–Crippen MR) is 83.4 cm³/mol. The van der Waals surface area contributed by atoms with E-state index in [0.717, 1.165) is 24.3 Å². The Morgan fingerprint density at radius 2 is 1.90 bits per heavy atom. The van der Waals surface area contributed by atoms with Crippen molar-refractivity contribution in [2.75, 3.05) is 7.11 Å². The van der Waals surface area contributed by atoms with E-state index in [1.807, 2.05) is 10.7 Å². The van der Waals surface area contributed by atoms with Crippen molar-refractivity contribution in [3.63, 3.8) is 0 Å². The summed E-state index contributed by atoms with van der Waals surface area (Å²) in [7, 11) is 1.68. The van der Waals surface area contributed by atoms with Crippen LogP contribution in [0.2, 0.25) is 0 Å². The van der Waals surface area contributed by atoms with Crippen LogP contribution in [0.5, 0.6) is 5.75 Å². The molecular formula is C17H23N3O. The van der Waals surface area contributed by atoms with E-state index in [2.05, 4.69) is 43.2 Å². The molecule has 0 radical (unpaired) electrons. The molecule has 1 atom stereocenters. The molecular weight excluding hydrogens is 262 g/mol. The molecule has 2 N–H and O–H groups in total. The largest absolute Gasteiger partial charge is 0.493 e. The van der Waals surface area contributed by atoms with Crippen LogP contribution in [-0.4, -0.2) is 16.9 Å². The summed E-state index contributed by atoms with van der Waals surface area (Å²) >= 11 is 0. The molecule has 0 amide bonds. The molecule has 3 rings (SSSR count). The third-order valence-corrected chi connectivity index (χ3v) is 4.54. The van der Waals surface area contributed by atoms with Crippen molar-refractivity contribution < 1.29 is 4.74 Å². The maximum Gasteiger partial charge on any atom is 0.161 e. The topological polar surface area (TPSA) is 53.1 Å². The lowest BCUT2D eigenvalue weighted by Crippen LogP contribution is -2.29. The molecule has 4 nitrogen and oxygen atoms in total. The molecule has 1 aromatic heterocycles. The molecule has 0 spiro atoms. The zero-order valence-corrected chi connectivity index (χ0v) is 12.9. The van der Waals surface area contributed by atoms with Crippen molar-refractivity contribution in [2.45, 2.75) is 44.2 Å². The van der Waals surface area contributed by atoms with Gasteiger partial charge in [-0.25, -0.2) is 0 Å². The Balaban J connectivity index is 2.03. The Bertz CT molecular complexity index is 614. The van der Waals surface area contributed by atoms with Gasteiger partial charge in [-0.05, 0) is 32.3 Å². The van der Waals surface area contributed by atoms with Gasteiger partial charge in [0.05, 0.1) is 25.0 Å². The van der Waals surface area contributed by atoms with E-state index in [9.17, 15) is 0 Å². The molecule has 1 saturated carbocycles. The summed E-state index contributed by atoms with van der Waals surface area (Å²) in [5, 5.41) is 4.45. The average Bonchev–Trinajstić information content (AvgIpc) is 3.20. The second-order valence-corrected chi connectivity index (χ2v) is 6.14. The van der Waals surface area contributed by atoms with Crippen molar-refractivity contribution in [1.29, 1.82) is 0 Å². The van der Waals surface area contributed by atoms with Gasteiger partial charge in [0.1, 0.15) is 0 Å². The van der Waals surface area contributed by atoms with Crippen molar-refractivity contribution in [3.05, 3.63) is 47.8 Å². The molecule has 0 bridgehead atoms. The first-order valence-electron chi connectivity index (χ1n) is 7.52. The van der Waals surface area contributed by atoms with Crippen molar-refractivity contribution in [2.24, 2.45) is 5.73 Å². The maximum atomic E-state index is 6.69. The number of methoxy groups -OCH3 is 1. The molecule has 1 heterocycles. The molecule has 112 valence electrons. The minimum absolute atomic E-state index is 0.0290. The summed E-state index contributed by atoms with van der Waals surface area (Å²) < 4.78 is 7.49. The highest BCUT2D eigenvalue weighted by Gasteiger charge is 2.51. The summed E-state index contributed by atoms with van der Waals surface area (Å²) in [4.78, 5) is 0. The minimum Gasteiger partial charge on any atom is -0.493 e. The maximum absolute atomic E-state index is 6.69. The molecule has 0 aliphatic heterocycles.